The Balaban J connectivity index is 2.18. The molecule has 0 aliphatic heterocycles. The molecule has 0 spiro atoms. The van der Waals surface area contributed by atoms with E-state index >= 15 is 0 Å². The number of hydrogen-bond donors (Lipinski definition) is 7. The number of nitrogens with zero attached hydrogens (tertiary/aromatic N) is 3. The fourth-order valence-corrected chi connectivity index (χ4v) is 5.40. The quantitative estimate of drug-likeness (QED) is 0.128. The Kier molecular flexibility index (Phi) is 8.91. The number of phosphoric ester groups is 1. The zero-order valence-electron chi connectivity index (χ0n) is 16.3. The molecule has 0 aromatic carbocycles. The van der Waals surface area contributed by atoms with Crippen molar-refractivity contribution in [1.82, 2.24) is 14.6 Å². The second kappa shape index (κ2) is 10.7. The monoisotopic (exact) mass is 532 g/mol. The minimum absolute atomic E-state index is 0.117. The molecule has 0 amide bonds. The summed E-state index contributed by atoms with van der Waals surface area (Å²) in [4.78, 5) is 39.6. The maximum absolute atomic E-state index is 11.9. The molecule has 0 aliphatic rings. The molecule has 8 N–H and O–H groups in total. The van der Waals surface area contributed by atoms with E-state index in [0.717, 1.165) is 6.33 Å². The molecule has 0 bridgehead atoms. The largest absolute Gasteiger partial charge is 0.490 e. The van der Waals surface area contributed by atoms with Crippen molar-refractivity contribution in [1.29, 1.82) is 0 Å². The molecule has 0 saturated carbocycles. The minimum Gasteiger partial charge on any atom is -0.394 e. The highest BCUT2D eigenvalue weighted by Crippen LogP contribution is 2.66. The summed E-state index contributed by atoms with van der Waals surface area (Å²) in [7, 11) is -16.8. The van der Waals surface area contributed by atoms with E-state index in [2.05, 4.69) is 29.1 Å². The number of aromatic nitrogens is 3. The highest BCUT2D eigenvalue weighted by molar-refractivity contribution is 7.66. The fourth-order valence-electron chi connectivity index (χ4n) is 2.37. The van der Waals surface area contributed by atoms with Gasteiger partial charge in [-0.15, -0.1) is 6.42 Å². The number of fused-ring (bicyclic) bond motifs is 1. The van der Waals surface area contributed by atoms with Gasteiger partial charge in [0, 0.05) is 0 Å². The van der Waals surface area contributed by atoms with E-state index in [4.69, 9.17) is 26.7 Å². The highest BCUT2D eigenvalue weighted by Gasteiger charge is 2.41. The van der Waals surface area contributed by atoms with Crippen LogP contribution in [0.25, 0.3) is 5.52 Å². The SMILES string of the molecule is C#C[C@H](O[C@H](COP(=O)(O)OP(=O)(O)OP(=O)(O)O)[C@@H](O)CO)c1ccc2c(N)ncnn12. The Morgan fingerprint density at radius 1 is 1.15 bits per heavy atom. The van der Waals surface area contributed by atoms with Crippen molar-refractivity contribution in [3.8, 4) is 12.3 Å². The third kappa shape index (κ3) is 7.92. The Morgan fingerprint density at radius 3 is 2.39 bits per heavy atom. The summed E-state index contributed by atoms with van der Waals surface area (Å²) in [6.45, 7) is -1.98. The standard InChI is InChI=1S/C13H19N4O13P3/c1-2-11(8-3-4-9-13(14)15-7-16-17(8)9)28-12(10(19)5-18)6-27-32(23,24)30-33(25,26)29-31(20,21)22/h1,3-4,7,10-12,18-19H,5-6H2,(H,23,24)(H,25,26)(H2,14,15,16)(H2,20,21,22)/t10-,11-,12+/m0/s1. The predicted octanol–water partition coefficient (Wildman–Crippen LogP) is -0.933. The van der Waals surface area contributed by atoms with Crippen LogP contribution < -0.4 is 5.73 Å². The maximum atomic E-state index is 11.9. The summed E-state index contributed by atoms with van der Waals surface area (Å²) >= 11 is 0. The topological polar surface area (TPSA) is 266 Å². The van der Waals surface area contributed by atoms with Crippen LogP contribution in [0.15, 0.2) is 18.5 Å². The Hall–Kier alpha value is -1.73. The van der Waals surface area contributed by atoms with Gasteiger partial charge in [0.25, 0.3) is 0 Å². The van der Waals surface area contributed by atoms with Gasteiger partial charge in [-0.25, -0.2) is 23.2 Å². The van der Waals surface area contributed by atoms with Crippen LogP contribution in [0.1, 0.15) is 11.8 Å². The van der Waals surface area contributed by atoms with Crippen LogP contribution in [0.3, 0.4) is 0 Å². The number of rotatable bonds is 12. The summed E-state index contributed by atoms with van der Waals surface area (Å²) in [5.41, 5.74) is 6.32. The third-order valence-corrected chi connectivity index (χ3v) is 7.48. The molecular formula is C13H19N4O13P3. The van der Waals surface area contributed by atoms with E-state index in [-0.39, 0.29) is 11.5 Å². The van der Waals surface area contributed by atoms with Gasteiger partial charge >= 0.3 is 23.5 Å². The van der Waals surface area contributed by atoms with Gasteiger partial charge in [0.1, 0.15) is 24.1 Å². The van der Waals surface area contributed by atoms with E-state index in [0.29, 0.717) is 5.52 Å². The molecule has 20 heteroatoms. The first kappa shape index (κ1) is 27.5. The number of ether oxygens (including phenoxy) is 1. The van der Waals surface area contributed by atoms with Crippen molar-refractivity contribution in [3.63, 3.8) is 0 Å². The third-order valence-electron chi connectivity index (χ3n) is 3.68. The van der Waals surface area contributed by atoms with Gasteiger partial charge in [-0.1, -0.05) is 5.92 Å². The second-order valence-corrected chi connectivity index (χ2v) is 10.5. The van der Waals surface area contributed by atoms with Gasteiger partial charge in [-0.2, -0.15) is 13.7 Å². The van der Waals surface area contributed by atoms with E-state index < -0.39 is 55.0 Å². The fraction of sp³-hybridized carbons (Fsp3) is 0.385. The van der Waals surface area contributed by atoms with E-state index in [1.54, 1.807) is 0 Å². The molecular weight excluding hydrogens is 513 g/mol. The zero-order chi connectivity index (χ0) is 25.0. The average molecular weight is 532 g/mol. The van der Waals surface area contributed by atoms with Gasteiger partial charge in [0.2, 0.25) is 0 Å². The van der Waals surface area contributed by atoms with Gasteiger partial charge in [-0.3, -0.25) is 4.52 Å². The summed E-state index contributed by atoms with van der Waals surface area (Å²) < 4.78 is 52.3. The number of phosphoric acid groups is 3. The van der Waals surface area contributed by atoms with Gasteiger partial charge in [0.15, 0.2) is 11.9 Å². The first-order chi connectivity index (χ1) is 15.2. The van der Waals surface area contributed by atoms with Crippen molar-refractivity contribution in [2.75, 3.05) is 18.9 Å². The van der Waals surface area contributed by atoms with E-state index in [1.165, 1.54) is 16.6 Å². The molecule has 5 atom stereocenters. The summed E-state index contributed by atoms with van der Waals surface area (Å²) in [5, 5.41) is 23.2. The Labute approximate surface area is 185 Å². The second-order valence-electron chi connectivity index (χ2n) is 6.06. The molecule has 184 valence electrons. The number of terminal acetylenes is 1. The van der Waals surface area contributed by atoms with Gasteiger partial charge in [0.05, 0.1) is 18.9 Å². The number of aliphatic hydroxyl groups excluding tert-OH is 2. The normalized spacial score (nSPS) is 18.7. The molecule has 2 aromatic rings. The van der Waals surface area contributed by atoms with Gasteiger partial charge < -0.3 is 40.3 Å². The van der Waals surface area contributed by atoms with Crippen LogP contribution in [0.2, 0.25) is 0 Å². The molecule has 2 heterocycles. The summed E-state index contributed by atoms with van der Waals surface area (Å²) in [6, 6.07) is 2.98. The lowest BCUT2D eigenvalue weighted by Gasteiger charge is -2.25. The van der Waals surface area contributed by atoms with Crippen molar-refractivity contribution in [2.24, 2.45) is 0 Å². The maximum Gasteiger partial charge on any atom is 0.490 e. The van der Waals surface area contributed by atoms with Gasteiger partial charge in [-0.05, 0) is 12.1 Å². The van der Waals surface area contributed by atoms with E-state index in [1.807, 2.05) is 0 Å². The lowest BCUT2D eigenvalue weighted by molar-refractivity contribution is -0.0961. The molecule has 0 radical (unpaired) electrons. The minimum atomic E-state index is -5.75. The molecule has 2 aromatic heterocycles. The molecule has 17 nitrogen and oxygen atoms in total. The highest BCUT2D eigenvalue weighted by atomic mass is 31.3. The first-order valence-electron chi connectivity index (χ1n) is 8.45. The molecule has 0 fully saturated rings. The molecule has 0 saturated heterocycles. The Bertz CT molecular complexity index is 1160. The number of hydrogen-bond acceptors (Lipinski definition) is 12. The number of nitrogens with two attached hydrogens (primary N) is 1. The molecule has 0 aliphatic carbocycles. The number of aliphatic hydroxyl groups is 2. The molecule has 2 unspecified atom stereocenters. The Morgan fingerprint density at radius 2 is 1.82 bits per heavy atom. The van der Waals surface area contributed by atoms with Crippen LogP contribution in [0, 0.1) is 12.3 Å². The summed E-state index contributed by atoms with van der Waals surface area (Å²) in [5.74, 6) is 2.36. The number of nitrogen functional groups attached to an aromatic ring is 1. The number of anilines is 1. The molecule has 2 rings (SSSR count). The zero-order valence-corrected chi connectivity index (χ0v) is 18.9. The van der Waals surface area contributed by atoms with Crippen LogP contribution in [0.5, 0.6) is 0 Å². The van der Waals surface area contributed by atoms with Crippen molar-refractivity contribution in [2.45, 2.75) is 18.3 Å². The van der Waals surface area contributed by atoms with Crippen molar-refractivity contribution < 1.29 is 61.4 Å². The van der Waals surface area contributed by atoms with Crippen LogP contribution in [-0.2, 0) is 31.6 Å². The summed E-state index contributed by atoms with van der Waals surface area (Å²) in [6.07, 6.45) is 1.97. The van der Waals surface area contributed by atoms with Crippen LogP contribution >= 0.6 is 23.5 Å². The van der Waals surface area contributed by atoms with Crippen LogP contribution in [0.4, 0.5) is 5.82 Å². The van der Waals surface area contributed by atoms with Crippen molar-refractivity contribution >= 4 is 34.8 Å². The predicted molar refractivity (Wildman–Crippen MR) is 107 cm³/mol. The first-order valence-corrected chi connectivity index (χ1v) is 13.0. The smallest absolute Gasteiger partial charge is 0.394 e. The lowest BCUT2D eigenvalue weighted by atomic mass is 10.2. The lowest BCUT2D eigenvalue weighted by Crippen LogP contribution is -2.37. The van der Waals surface area contributed by atoms with E-state index in [9.17, 15) is 33.7 Å². The molecule has 33 heavy (non-hydrogen) atoms. The van der Waals surface area contributed by atoms with Crippen LogP contribution in [-0.4, -0.2) is 69.8 Å². The van der Waals surface area contributed by atoms with Crippen molar-refractivity contribution in [3.05, 3.63) is 24.2 Å². The average Bonchev–Trinajstić information content (AvgIpc) is 3.10.